The highest BCUT2D eigenvalue weighted by Gasteiger charge is 2.34. The summed E-state index contributed by atoms with van der Waals surface area (Å²) in [7, 11) is 0. The zero-order valence-electron chi connectivity index (χ0n) is 11.9. The third-order valence-corrected chi connectivity index (χ3v) is 2.43. The lowest BCUT2D eigenvalue weighted by Gasteiger charge is -2.26. The molecule has 104 valence electrons. The van der Waals surface area contributed by atoms with Crippen molar-refractivity contribution in [2.24, 2.45) is 11.8 Å². The number of hydrogen-bond acceptors (Lipinski definition) is 3. The first-order chi connectivity index (χ1) is 8.22. The fourth-order valence-corrected chi connectivity index (χ4v) is 1.73. The molecule has 0 bridgehead atoms. The molecule has 1 N–H and O–H groups in total. The highest BCUT2D eigenvalue weighted by molar-refractivity contribution is 5.82. The molecule has 0 amide bonds. The van der Waals surface area contributed by atoms with Crippen molar-refractivity contribution >= 4 is 11.9 Å². The van der Waals surface area contributed by atoms with Gasteiger partial charge in [0, 0.05) is 0 Å². The molecular formula is C14H24O4. The molecule has 4 heteroatoms. The van der Waals surface area contributed by atoms with Crippen LogP contribution in [0.15, 0.2) is 12.2 Å². The van der Waals surface area contributed by atoms with E-state index in [-0.39, 0.29) is 0 Å². The maximum Gasteiger partial charge on any atom is 0.311 e. The van der Waals surface area contributed by atoms with Crippen molar-refractivity contribution < 1.29 is 19.4 Å². The third kappa shape index (κ3) is 5.84. The smallest absolute Gasteiger partial charge is 0.311 e. The lowest BCUT2D eigenvalue weighted by Crippen LogP contribution is -2.34. The van der Waals surface area contributed by atoms with E-state index < -0.39 is 29.4 Å². The lowest BCUT2D eigenvalue weighted by molar-refractivity contribution is -0.165. The van der Waals surface area contributed by atoms with Gasteiger partial charge in [0.2, 0.25) is 0 Å². The Kier molecular flexibility index (Phi) is 6.66. The highest BCUT2D eigenvalue weighted by atomic mass is 16.6. The third-order valence-electron chi connectivity index (χ3n) is 2.43. The Labute approximate surface area is 109 Å². The van der Waals surface area contributed by atoms with Crippen molar-refractivity contribution in [3.05, 3.63) is 12.2 Å². The Morgan fingerprint density at radius 2 is 1.89 bits per heavy atom. The molecule has 0 aliphatic rings. The number of aliphatic carboxylic acids is 1. The Balaban J connectivity index is 5.02. The number of carbonyl (C=O) groups is 2. The van der Waals surface area contributed by atoms with Crippen molar-refractivity contribution in [3.63, 3.8) is 0 Å². The normalized spacial score (nSPS) is 15.4. The minimum atomic E-state index is -0.989. The SMILES string of the molecule is C/C=C/C(C(=O)O)C(CCC)C(=O)OC(C)(C)C. The minimum Gasteiger partial charge on any atom is -0.481 e. The summed E-state index contributed by atoms with van der Waals surface area (Å²) in [5, 5.41) is 9.19. The molecule has 0 spiro atoms. The quantitative estimate of drug-likeness (QED) is 0.586. The molecule has 4 nitrogen and oxygen atoms in total. The van der Waals surface area contributed by atoms with Crippen LogP contribution in [0.3, 0.4) is 0 Å². The van der Waals surface area contributed by atoms with Crippen LogP contribution in [0.1, 0.15) is 47.5 Å². The van der Waals surface area contributed by atoms with Crippen molar-refractivity contribution in [2.45, 2.75) is 53.1 Å². The predicted octanol–water partition coefficient (Wildman–Crippen LogP) is 3.02. The summed E-state index contributed by atoms with van der Waals surface area (Å²) >= 11 is 0. The average Bonchev–Trinajstić information content (AvgIpc) is 2.20. The maximum absolute atomic E-state index is 12.1. The van der Waals surface area contributed by atoms with E-state index in [1.54, 1.807) is 39.8 Å². The summed E-state index contributed by atoms with van der Waals surface area (Å²) in [5.41, 5.74) is -0.595. The Bertz CT molecular complexity index is 312. The molecular weight excluding hydrogens is 232 g/mol. The minimum absolute atomic E-state index is 0.435. The standard InChI is InChI=1S/C14H24O4/c1-6-8-10(12(15)16)11(9-7-2)13(17)18-14(3,4)5/h6,8,10-11H,7,9H2,1-5H3,(H,15,16)/b8-6+. The molecule has 0 fully saturated rings. The van der Waals surface area contributed by atoms with Gasteiger partial charge in [-0.1, -0.05) is 25.5 Å². The summed E-state index contributed by atoms with van der Waals surface area (Å²) in [4.78, 5) is 23.3. The summed E-state index contributed by atoms with van der Waals surface area (Å²) < 4.78 is 5.29. The van der Waals surface area contributed by atoms with Crippen LogP contribution in [0.4, 0.5) is 0 Å². The van der Waals surface area contributed by atoms with Gasteiger partial charge in [0.15, 0.2) is 0 Å². The molecule has 0 radical (unpaired) electrons. The Morgan fingerprint density at radius 1 is 1.33 bits per heavy atom. The van der Waals surface area contributed by atoms with Crippen LogP contribution in [0.2, 0.25) is 0 Å². The fraction of sp³-hybridized carbons (Fsp3) is 0.714. The van der Waals surface area contributed by atoms with Crippen LogP contribution in [0.25, 0.3) is 0 Å². The fourth-order valence-electron chi connectivity index (χ4n) is 1.73. The van der Waals surface area contributed by atoms with Crippen LogP contribution in [-0.2, 0) is 14.3 Å². The second-order valence-electron chi connectivity index (χ2n) is 5.32. The number of carbonyl (C=O) groups excluding carboxylic acids is 1. The van der Waals surface area contributed by atoms with Gasteiger partial charge in [0.25, 0.3) is 0 Å². The second-order valence-corrected chi connectivity index (χ2v) is 5.32. The molecule has 0 saturated carbocycles. The number of esters is 1. The van der Waals surface area contributed by atoms with E-state index in [0.29, 0.717) is 6.42 Å². The van der Waals surface area contributed by atoms with Crippen LogP contribution in [-0.4, -0.2) is 22.6 Å². The first-order valence-corrected chi connectivity index (χ1v) is 6.31. The summed E-state index contributed by atoms with van der Waals surface area (Å²) in [6.45, 7) is 9.00. The number of allylic oxidation sites excluding steroid dienone is 1. The zero-order chi connectivity index (χ0) is 14.3. The van der Waals surface area contributed by atoms with Gasteiger partial charge in [-0.3, -0.25) is 9.59 Å². The Morgan fingerprint density at radius 3 is 2.22 bits per heavy atom. The maximum atomic E-state index is 12.1. The van der Waals surface area contributed by atoms with E-state index in [0.717, 1.165) is 6.42 Å². The van der Waals surface area contributed by atoms with E-state index in [1.165, 1.54) is 0 Å². The molecule has 0 heterocycles. The molecule has 0 saturated heterocycles. The first kappa shape index (κ1) is 16.7. The largest absolute Gasteiger partial charge is 0.481 e. The number of rotatable bonds is 6. The van der Waals surface area contributed by atoms with E-state index in [9.17, 15) is 14.7 Å². The van der Waals surface area contributed by atoms with E-state index in [1.807, 2.05) is 6.92 Å². The molecule has 0 aliphatic heterocycles. The number of carboxylic acid groups (broad SMARTS) is 1. The monoisotopic (exact) mass is 256 g/mol. The molecule has 0 aromatic rings. The summed E-state index contributed by atoms with van der Waals surface area (Å²) in [6, 6.07) is 0. The van der Waals surface area contributed by atoms with E-state index in [2.05, 4.69) is 0 Å². The van der Waals surface area contributed by atoms with Crippen LogP contribution < -0.4 is 0 Å². The van der Waals surface area contributed by atoms with Crippen molar-refractivity contribution in [3.8, 4) is 0 Å². The van der Waals surface area contributed by atoms with Crippen LogP contribution in [0, 0.1) is 11.8 Å². The highest BCUT2D eigenvalue weighted by Crippen LogP contribution is 2.24. The van der Waals surface area contributed by atoms with Gasteiger partial charge >= 0.3 is 11.9 Å². The molecule has 2 unspecified atom stereocenters. The van der Waals surface area contributed by atoms with Crippen LogP contribution >= 0.6 is 0 Å². The zero-order valence-corrected chi connectivity index (χ0v) is 11.9. The van der Waals surface area contributed by atoms with Gasteiger partial charge < -0.3 is 9.84 Å². The van der Waals surface area contributed by atoms with Gasteiger partial charge in [-0.05, 0) is 34.1 Å². The van der Waals surface area contributed by atoms with E-state index in [4.69, 9.17) is 4.74 Å². The molecule has 0 aliphatic carbocycles. The predicted molar refractivity (Wildman–Crippen MR) is 70.2 cm³/mol. The topological polar surface area (TPSA) is 63.6 Å². The number of hydrogen-bond donors (Lipinski definition) is 1. The van der Waals surface area contributed by atoms with E-state index >= 15 is 0 Å². The molecule has 0 aromatic heterocycles. The molecule has 18 heavy (non-hydrogen) atoms. The Hall–Kier alpha value is -1.32. The number of ether oxygens (including phenoxy) is 1. The molecule has 0 aromatic carbocycles. The van der Waals surface area contributed by atoms with Crippen molar-refractivity contribution in [1.29, 1.82) is 0 Å². The van der Waals surface area contributed by atoms with Crippen molar-refractivity contribution in [1.82, 2.24) is 0 Å². The summed E-state index contributed by atoms with van der Waals surface area (Å²) in [6.07, 6.45) is 4.46. The van der Waals surface area contributed by atoms with Crippen LogP contribution in [0.5, 0.6) is 0 Å². The van der Waals surface area contributed by atoms with Gasteiger partial charge in [0.1, 0.15) is 5.60 Å². The summed E-state index contributed by atoms with van der Waals surface area (Å²) in [5.74, 6) is -2.86. The molecule has 2 atom stereocenters. The van der Waals surface area contributed by atoms with Gasteiger partial charge in [-0.15, -0.1) is 0 Å². The second kappa shape index (κ2) is 7.19. The van der Waals surface area contributed by atoms with Gasteiger partial charge in [0.05, 0.1) is 11.8 Å². The first-order valence-electron chi connectivity index (χ1n) is 6.31. The van der Waals surface area contributed by atoms with Gasteiger partial charge in [-0.2, -0.15) is 0 Å². The van der Waals surface area contributed by atoms with Crippen molar-refractivity contribution in [2.75, 3.05) is 0 Å². The number of carboxylic acids is 1. The molecule has 0 rings (SSSR count). The van der Waals surface area contributed by atoms with Gasteiger partial charge in [-0.25, -0.2) is 0 Å². The lowest BCUT2D eigenvalue weighted by atomic mass is 9.88. The average molecular weight is 256 g/mol.